The summed E-state index contributed by atoms with van der Waals surface area (Å²) in [7, 11) is 1.94. The normalized spacial score (nSPS) is 12.5. The van der Waals surface area contributed by atoms with Gasteiger partial charge in [-0.2, -0.15) is 0 Å². The summed E-state index contributed by atoms with van der Waals surface area (Å²) in [6.45, 7) is 3.03. The molecule has 0 aliphatic carbocycles. The van der Waals surface area contributed by atoms with Gasteiger partial charge in [0.1, 0.15) is 5.75 Å². The van der Waals surface area contributed by atoms with Crippen molar-refractivity contribution in [1.29, 1.82) is 0 Å². The first-order valence-electron chi connectivity index (χ1n) is 4.54. The molecule has 0 aromatic carbocycles. The Morgan fingerprint density at radius 2 is 2.46 bits per heavy atom. The van der Waals surface area contributed by atoms with Gasteiger partial charge in [0.05, 0.1) is 12.3 Å². The molecule has 72 valence electrons. The van der Waals surface area contributed by atoms with Crippen LogP contribution in [0, 0.1) is 0 Å². The van der Waals surface area contributed by atoms with Crippen molar-refractivity contribution in [3.63, 3.8) is 0 Å². The van der Waals surface area contributed by atoms with Crippen LogP contribution in [-0.4, -0.2) is 24.7 Å². The van der Waals surface area contributed by atoms with Crippen LogP contribution in [0.1, 0.15) is 13.3 Å². The van der Waals surface area contributed by atoms with Crippen LogP contribution in [0.2, 0.25) is 0 Å². The summed E-state index contributed by atoms with van der Waals surface area (Å²) >= 11 is 0. The number of hydrogen-bond donors (Lipinski definition) is 1. The summed E-state index contributed by atoms with van der Waals surface area (Å²) in [5.74, 6) is 0.839. The molecule has 0 aliphatic rings. The third kappa shape index (κ3) is 3.90. The highest BCUT2D eigenvalue weighted by molar-refractivity contribution is 5.15. The summed E-state index contributed by atoms with van der Waals surface area (Å²) < 4.78 is 5.61. The van der Waals surface area contributed by atoms with Crippen molar-refractivity contribution < 1.29 is 4.74 Å². The number of hydrogen-bond acceptors (Lipinski definition) is 3. The van der Waals surface area contributed by atoms with Crippen LogP contribution in [-0.2, 0) is 0 Å². The van der Waals surface area contributed by atoms with E-state index in [2.05, 4.69) is 17.2 Å². The Hall–Kier alpha value is -1.09. The number of rotatable bonds is 5. The molecule has 0 amide bonds. The smallest absolute Gasteiger partial charge is 0.137 e. The van der Waals surface area contributed by atoms with Crippen molar-refractivity contribution >= 4 is 0 Å². The van der Waals surface area contributed by atoms with Crippen LogP contribution in [0.5, 0.6) is 5.75 Å². The summed E-state index contributed by atoms with van der Waals surface area (Å²) in [5.41, 5.74) is 0. The maximum Gasteiger partial charge on any atom is 0.137 e. The topological polar surface area (TPSA) is 34.1 Å². The van der Waals surface area contributed by atoms with Gasteiger partial charge in [-0.25, -0.2) is 0 Å². The maximum atomic E-state index is 5.61. The first kappa shape index (κ1) is 9.99. The second-order valence-corrected chi connectivity index (χ2v) is 3.01. The van der Waals surface area contributed by atoms with E-state index in [0.29, 0.717) is 0 Å². The lowest BCUT2D eigenvalue weighted by Crippen LogP contribution is -2.19. The van der Waals surface area contributed by atoms with Crippen LogP contribution in [0.25, 0.3) is 0 Å². The van der Waals surface area contributed by atoms with E-state index in [1.165, 1.54) is 0 Å². The molecular weight excluding hydrogens is 164 g/mol. The van der Waals surface area contributed by atoms with E-state index in [1.54, 1.807) is 12.4 Å². The van der Waals surface area contributed by atoms with Crippen molar-refractivity contribution in [2.75, 3.05) is 13.6 Å². The zero-order valence-corrected chi connectivity index (χ0v) is 8.16. The molecule has 0 saturated heterocycles. The fourth-order valence-corrected chi connectivity index (χ4v) is 1.06. The predicted octanol–water partition coefficient (Wildman–Crippen LogP) is 1.46. The molecule has 1 unspecified atom stereocenters. The fourth-order valence-electron chi connectivity index (χ4n) is 1.06. The average molecular weight is 180 g/mol. The van der Waals surface area contributed by atoms with Gasteiger partial charge in [0.25, 0.3) is 0 Å². The van der Waals surface area contributed by atoms with Crippen LogP contribution < -0.4 is 10.1 Å². The standard InChI is InChI=1S/C10H16N2O/c1-9(5-7-11-2)13-10-4-3-6-12-8-10/h3-4,6,8-9,11H,5,7H2,1-2H3. The molecule has 3 heteroatoms. The molecule has 1 atom stereocenters. The van der Waals surface area contributed by atoms with E-state index >= 15 is 0 Å². The Balaban J connectivity index is 2.32. The Morgan fingerprint density at radius 1 is 1.62 bits per heavy atom. The third-order valence-electron chi connectivity index (χ3n) is 1.77. The van der Waals surface area contributed by atoms with E-state index in [-0.39, 0.29) is 6.10 Å². The fraction of sp³-hybridized carbons (Fsp3) is 0.500. The van der Waals surface area contributed by atoms with Crippen molar-refractivity contribution in [2.24, 2.45) is 0 Å². The Kier molecular flexibility index (Phi) is 4.26. The monoisotopic (exact) mass is 180 g/mol. The van der Waals surface area contributed by atoms with E-state index in [4.69, 9.17) is 4.74 Å². The van der Waals surface area contributed by atoms with Crippen molar-refractivity contribution in [2.45, 2.75) is 19.4 Å². The predicted molar refractivity (Wildman–Crippen MR) is 52.9 cm³/mol. The van der Waals surface area contributed by atoms with E-state index in [9.17, 15) is 0 Å². The minimum absolute atomic E-state index is 0.233. The molecule has 1 N–H and O–H groups in total. The zero-order valence-electron chi connectivity index (χ0n) is 8.16. The lowest BCUT2D eigenvalue weighted by atomic mass is 10.3. The number of aromatic nitrogens is 1. The quantitative estimate of drug-likeness (QED) is 0.745. The molecule has 0 aliphatic heterocycles. The molecule has 1 aromatic rings. The lowest BCUT2D eigenvalue weighted by Gasteiger charge is -2.13. The number of nitrogens with zero attached hydrogens (tertiary/aromatic N) is 1. The highest BCUT2D eigenvalue weighted by Crippen LogP contribution is 2.09. The van der Waals surface area contributed by atoms with Crippen LogP contribution in [0.4, 0.5) is 0 Å². The summed E-state index contributed by atoms with van der Waals surface area (Å²) in [6.07, 6.45) is 4.71. The minimum Gasteiger partial charge on any atom is -0.489 e. The van der Waals surface area contributed by atoms with Gasteiger partial charge in [0, 0.05) is 6.20 Å². The highest BCUT2D eigenvalue weighted by Gasteiger charge is 2.02. The number of nitrogens with one attached hydrogen (secondary N) is 1. The van der Waals surface area contributed by atoms with Crippen molar-refractivity contribution in [3.8, 4) is 5.75 Å². The molecule has 0 fully saturated rings. The molecule has 1 heterocycles. The van der Waals surface area contributed by atoms with E-state index in [0.717, 1.165) is 18.7 Å². The molecule has 1 rings (SSSR count). The first-order valence-corrected chi connectivity index (χ1v) is 4.54. The second-order valence-electron chi connectivity index (χ2n) is 3.01. The molecule has 0 bridgehead atoms. The molecule has 0 saturated carbocycles. The number of pyridine rings is 1. The molecule has 1 aromatic heterocycles. The Morgan fingerprint density at radius 3 is 3.08 bits per heavy atom. The first-order chi connectivity index (χ1) is 6.33. The van der Waals surface area contributed by atoms with Gasteiger partial charge in [-0.1, -0.05) is 0 Å². The van der Waals surface area contributed by atoms with Gasteiger partial charge in [-0.15, -0.1) is 0 Å². The van der Waals surface area contributed by atoms with Crippen LogP contribution >= 0.6 is 0 Å². The molecular formula is C10H16N2O. The van der Waals surface area contributed by atoms with E-state index < -0.39 is 0 Å². The third-order valence-corrected chi connectivity index (χ3v) is 1.77. The Labute approximate surface area is 79.1 Å². The minimum atomic E-state index is 0.233. The van der Waals surface area contributed by atoms with Gasteiger partial charge >= 0.3 is 0 Å². The van der Waals surface area contributed by atoms with Gasteiger partial charge < -0.3 is 10.1 Å². The number of ether oxygens (including phenoxy) is 1. The SMILES string of the molecule is CNCCC(C)Oc1cccnc1. The second kappa shape index (κ2) is 5.54. The average Bonchev–Trinajstić information content (AvgIpc) is 2.16. The summed E-state index contributed by atoms with van der Waals surface area (Å²) in [5, 5.41) is 3.09. The van der Waals surface area contributed by atoms with Gasteiger partial charge in [-0.3, -0.25) is 4.98 Å². The molecule has 3 nitrogen and oxygen atoms in total. The Bertz CT molecular complexity index is 226. The summed E-state index contributed by atoms with van der Waals surface area (Å²) in [6, 6.07) is 3.79. The highest BCUT2D eigenvalue weighted by atomic mass is 16.5. The van der Waals surface area contributed by atoms with Crippen LogP contribution in [0.3, 0.4) is 0 Å². The van der Waals surface area contributed by atoms with Gasteiger partial charge in [-0.05, 0) is 39.1 Å². The molecule has 13 heavy (non-hydrogen) atoms. The van der Waals surface area contributed by atoms with Gasteiger partial charge in [0.2, 0.25) is 0 Å². The lowest BCUT2D eigenvalue weighted by molar-refractivity contribution is 0.210. The van der Waals surface area contributed by atoms with E-state index in [1.807, 2.05) is 19.2 Å². The summed E-state index contributed by atoms with van der Waals surface area (Å²) in [4.78, 5) is 3.98. The molecule has 0 spiro atoms. The zero-order chi connectivity index (χ0) is 9.52. The van der Waals surface area contributed by atoms with Crippen molar-refractivity contribution in [3.05, 3.63) is 24.5 Å². The largest absolute Gasteiger partial charge is 0.489 e. The molecule has 0 radical (unpaired) electrons. The maximum absolute atomic E-state index is 5.61. The van der Waals surface area contributed by atoms with Crippen LogP contribution in [0.15, 0.2) is 24.5 Å². The van der Waals surface area contributed by atoms with Gasteiger partial charge in [0.15, 0.2) is 0 Å². The van der Waals surface area contributed by atoms with Crippen molar-refractivity contribution in [1.82, 2.24) is 10.3 Å².